The van der Waals surface area contributed by atoms with Crippen molar-refractivity contribution in [1.82, 2.24) is 29.7 Å². The van der Waals surface area contributed by atoms with E-state index in [1.54, 1.807) is 0 Å². The normalized spacial score (nSPS) is 15.4. The summed E-state index contributed by atoms with van der Waals surface area (Å²) in [5, 5.41) is 18.7. The van der Waals surface area contributed by atoms with Crippen LogP contribution in [-0.2, 0) is 6.42 Å². The van der Waals surface area contributed by atoms with Crippen LogP contribution in [0, 0.1) is 6.92 Å². The Morgan fingerprint density at radius 3 is 2.59 bits per heavy atom. The largest absolute Gasteiger partial charge is 0.379 e. The number of H-pyrrole nitrogens is 1. The number of nitrogens with zero attached hydrogens (tertiary/aromatic N) is 5. The van der Waals surface area contributed by atoms with Gasteiger partial charge >= 0.3 is 0 Å². The van der Waals surface area contributed by atoms with Crippen LogP contribution >= 0.6 is 0 Å². The summed E-state index contributed by atoms with van der Waals surface area (Å²) in [6, 6.07) is 21.7. The number of para-hydroxylation sites is 1. The Bertz CT molecular complexity index is 1440. The monoisotopic (exact) mass is 451 g/mol. The lowest BCUT2D eigenvalue weighted by molar-refractivity contribution is 0.264. The highest BCUT2D eigenvalue weighted by Gasteiger charge is 2.21. The van der Waals surface area contributed by atoms with Crippen molar-refractivity contribution in [3.63, 3.8) is 0 Å². The van der Waals surface area contributed by atoms with Crippen LogP contribution in [0.2, 0.25) is 0 Å². The molecule has 0 amide bonds. The molecule has 1 aliphatic rings. The first-order valence-electron chi connectivity index (χ1n) is 12.0. The fraction of sp³-hybridized carbons (Fsp3) is 0.296. The average Bonchev–Trinajstić information content (AvgIpc) is 3.42. The Labute approximate surface area is 198 Å². The van der Waals surface area contributed by atoms with Gasteiger partial charge in [0, 0.05) is 23.4 Å². The molecular formula is C27H29N7. The SMILES string of the molecule is Cc1nnc2c(NC3CCN(C)CC3)cc(-c3[nH]c4ccccc4c3Cc3ccccc3)nn12. The minimum atomic E-state index is 0.416. The van der Waals surface area contributed by atoms with Crippen molar-refractivity contribution in [3.8, 4) is 11.4 Å². The Hall–Kier alpha value is -3.71. The first kappa shape index (κ1) is 20.9. The number of piperidine rings is 1. The molecular weight excluding hydrogens is 422 g/mol. The van der Waals surface area contributed by atoms with Crippen molar-refractivity contribution in [1.29, 1.82) is 0 Å². The zero-order chi connectivity index (χ0) is 23.1. The first-order valence-corrected chi connectivity index (χ1v) is 12.0. The van der Waals surface area contributed by atoms with Crippen molar-refractivity contribution in [2.45, 2.75) is 32.2 Å². The molecule has 1 aliphatic heterocycles. The molecule has 0 aliphatic carbocycles. The highest BCUT2D eigenvalue weighted by molar-refractivity contribution is 5.91. The number of rotatable bonds is 5. The molecule has 5 aromatic rings. The van der Waals surface area contributed by atoms with E-state index in [4.69, 9.17) is 5.10 Å². The van der Waals surface area contributed by atoms with E-state index < -0.39 is 0 Å². The number of aryl methyl sites for hydroxylation is 1. The van der Waals surface area contributed by atoms with Gasteiger partial charge in [-0.3, -0.25) is 0 Å². The lowest BCUT2D eigenvalue weighted by Crippen LogP contribution is -2.36. The molecule has 0 bridgehead atoms. The van der Waals surface area contributed by atoms with E-state index in [0.29, 0.717) is 6.04 Å². The molecule has 1 saturated heterocycles. The fourth-order valence-electron chi connectivity index (χ4n) is 4.99. The second-order valence-corrected chi connectivity index (χ2v) is 9.33. The van der Waals surface area contributed by atoms with Gasteiger partial charge in [0.2, 0.25) is 5.65 Å². The molecule has 6 rings (SSSR count). The van der Waals surface area contributed by atoms with E-state index in [1.165, 1.54) is 16.5 Å². The summed E-state index contributed by atoms with van der Waals surface area (Å²) in [5.74, 6) is 0.781. The zero-order valence-electron chi connectivity index (χ0n) is 19.6. The minimum Gasteiger partial charge on any atom is -0.379 e. The summed E-state index contributed by atoms with van der Waals surface area (Å²) >= 11 is 0. The van der Waals surface area contributed by atoms with Crippen LogP contribution in [0.15, 0.2) is 60.7 Å². The van der Waals surface area contributed by atoms with Gasteiger partial charge in [0.25, 0.3) is 0 Å². The first-order chi connectivity index (χ1) is 16.7. The average molecular weight is 452 g/mol. The van der Waals surface area contributed by atoms with Crippen molar-refractivity contribution in [2.24, 2.45) is 0 Å². The van der Waals surface area contributed by atoms with Gasteiger partial charge in [-0.1, -0.05) is 48.5 Å². The predicted octanol–water partition coefficient (Wildman–Crippen LogP) is 4.68. The maximum absolute atomic E-state index is 4.98. The van der Waals surface area contributed by atoms with Crippen LogP contribution in [0.1, 0.15) is 29.8 Å². The molecule has 172 valence electrons. The fourth-order valence-corrected chi connectivity index (χ4v) is 4.99. The van der Waals surface area contributed by atoms with E-state index in [9.17, 15) is 0 Å². The number of anilines is 1. The van der Waals surface area contributed by atoms with Crippen LogP contribution in [0.5, 0.6) is 0 Å². The van der Waals surface area contributed by atoms with Gasteiger partial charge in [0.15, 0.2) is 5.82 Å². The van der Waals surface area contributed by atoms with Crippen molar-refractivity contribution in [3.05, 3.63) is 77.6 Å². The van der Waals surface area contributed by atoms with Gasteiger partial charge in [-0.15, -0.1) is 10.2 Å². The van der Waals surface area contributed by atoms with Gasteiger partial charge in [-0.2, -0.15) is 9.61 Å². The maximum atomic E-state index is 4.98. The Balaban J connectivity index is 1.48. The molecule has 0 atom stereocenters. The number of benzene rings is 2. The summed E-state index contributed by atoms with van der Waals surface area (Å²) in [5.41, 5.74) is 7.37. The highest BCUT2D eigenvalue weighted by Crippen LogP contribution is 2.33. The summed E-state index contributed by atoms with van der Waals surface area (Å²) in [7, 11) is 2.19. The molecule has 34 heavy (non-hydrogen) atoms. The number of aromatic nitrogens is 5. The maximum Gasteiger partial charge on any atom is 0.200 e. The molecule has 4 heterocycles. The molecule has 1 fully saturated rings. The smallest absolute Gasteiger partial charge is 0.200 e. The van der Waals surface area contributed by atoms with E-state index >= 15 is 0 Å². The number of hydrogen-bond acceptors (Lipinski definition) is 5. The third kappa shape index (κ3) is 3.82. The second kappa shape index (κ2) is 8.57. The van der Waals surface area contributed by atoms with Gasteiger partial charge in [-0.25, -0.2) is 0 Å². The number of hydrogen-bond donors (Lipinski definition) is 2. The lowest BCUT2D eigenvalue weighted by Gasteiger charge is -2.30. The summed E-state index contributed by atoms with van der Waals surface area (Å²) in [6.45, 7) is 4.15. The number of fused-ring (bicyclic) bond motifs is 2. The van der Waals surface area contributed by atoms with Gasteiger partial charge < -0.3 is 15.2 Å². The summed E-state index contributed by atoms with van der Waals surface area (Å²) in [6.07, 6.45) is 3.05. The lowest BCUT2D eigenvalue weighted by atomic mass is 10.00. The van der Waals surface area contributed by atoms with Crippen LogP contribution in [0.4, 0.5) is 5.69 Å². The van der Waals surface area contributed by atoms with Gasteiger partial charge in [0.05, 0.1) is 11.4 Å². The van der Waals surface area contributed by atoms with Crippen LogP contribution in [0.25, 0.3) is 27.9 Å². The second-order valence-electron chi connectivity index (χ2n) is 9.33. The zero-order valence-corrected chi connectivity index (χ0v) is 19.6. The van der Waals surface area contributed by atoms with Crippen LogP contribution in [0.3, 0.4) is 0 Å². The van der Waals surface area contributed by atoms with E-state index in [2.05, 4.69) is 93.1 Å². The number of nitrogens with one attached hydrogen (secondary N) is 2. The molecule has 0 radical (unpaired) electrons. The van der Waals surface area contributed by atoms with Crippen molar-refractivity contribution < 1.29 is 0 Å². The number of likely N-dealkylation sites (tertiary alicyclic amines) is 1. The summed E-state index contributed by atoms with van der Waals surface area (Å²) in [4.78, 5) is 6.04. The van der Waals surface area contributed by atoms with E-state index in [1.807, 2.05) is 11.4 Å². The van der Waals surface area contributed by atoms with Crippen LogP contribution < -0.4 is 5.32 Å². The minimum absolute atomic E-state index is 0.416. The summed E-state index contributed by atoms with van der Waals surface area (Å²) < 4.78 is 1.87. The third-order valence-corrected chi connectivity index (χ3v) is 6.90. The molecule has 2 aromatic carbocycles. The highest BCUT2D eigenvalue weighted by atomic mass is 15.4. The molecule has 7 nitrogen and oxygen atoms in total. The molecule has 0 spiro atoms. The Kier molecular flexibility index (Phi) is 5.26. The van der Waals surface area contributed by atoms with Crippen molar-refractivity contribution in [2.75, 3.05) is 25.5 Å². The van der Waals surface area contributed by atoms with E-state index in [0.717, 1.165) is 66.4 Å². The van der Waals surface area contributed by atoms with E-state index in [-0.39, 0.29) is 0 Å². The Morgan fingerprint density at radius 1 is 1.00 bits per heavy atom. The molecule has 0 saturated carbocycles. The molecule has 3 aromatic heterocycles. The quantitative estimate of drug-likeness (QED) is 0.406. The number of aromatic amines is 1. The predicted molar refractivity (Wildman–Crippen MR) is 136 cm³/mol. The molecule has 2 N–H and O–H groups in total. The molecule has 7 heteroatoms. The molecule has 0 unspecified atom stereocenters. The van der Waals surface area contributed by atoms with Gasteiger partial charge in [0.1, 0.15) is 5.69 Å². The van der Waals surface area contributed by atoms with Gasteiger partial charge in [-0.05, 0) is 63.2 Å². The standard InChI is InChI=1S/C27H29N7/c1-18-30-31-27-25(28-20-12-14-33(2)15-13-20)17-24(32-34(18)27)26-22(16-19-8-4-3-5-9-19)21-10-6-7-11-23(21)29-26/h3-11,17,20,28-29H,12-16H2,1-2H3. The Morgan fingerprint density at radius 2 is 1.76 bits per heavy atom. The third-order valence-electron chi connectivity index (χ3n) is 6.90. The topological polar surface area (TPSA) is 74.1 Å². The van der Waals surface area contributed by atoms with Crippen molar-refractivity contribution >= 4 is 22.2 Å². The van der Waals surface area contributed by atoms with Crippen LogP contribution in [-0.4, -0.2) is 55.9 Å².